The van der Waals surface area contributed by atoms with E-state index in [1.54, 1.807) is 0 Å². The van der Waals surface area contributed by atoms with Crippen molar-refractivity contribution in [1.82, 2.24) is 10.2 Å². The number of rotatable bonds is 4. The quantitative estimate of drug-likeness (QED) is 0.924. The molecule has 3 aliphatic rings. The molecule has 2 saturated carbocycles. The van der Waals surface area contributed by atoms with Crippen LogP contribution in [0, 0.1) is 0 Å². The molecule has 1 aromatic carbocycles. The second-order valence-electron chi connectivity index (χ2n) is 7.74. The third-order valence-electron chi connectivity index (χ3n) is 5.99. The Morgan fingerprint density at radius 3 is 2.50 bits per heavy atom. The topological polar surface area (TPSA) is 41.6 Å². The summed E-state index contributed by atoms with van der Waals surface area (Å²) in [5.74, 6) is 0.236. The van der Waals surface area contributed by atoms with E-state index in [9.17, 15) is 4.79 Å². The molecule has 2 spiro atoms. The summed E-state index contributed by atoms with van der Waals surface area (Å²) in [6, 6.07) is 11.1. The molecule has 4 rings (SSSR count). The summed E-state index contributed by atoms with van der Waals surface area (Å²) >= 11 is 0. The Morgan fingerprint density at radius 2 is 1.88 bits per heavy atom. The molecule has 4 nitrogen and oxygen atoms in total. The zero-order chi connectivity index (χ0) is 16.6. The number of amides is 1. The Labute approximate surface area is 144 Å². The van der Waals surface area contributed by atoms with E-state index in [4.69, 9.17) is 4.74 Å². The molecule has 1 N–H and O–H groups in total. The first kappa shape index (κ1) is 16.1. The molecule has 1 amide bonds. The van der Waals surface area contributed by atoms with E-state index in [1.807, 2.05) is 4.90 Å². The van der Waals surface area contributed by atoms with Gasteiger partial charge >= 0.3 is 0 Å². The maximum Gasteiger partial charge on any atom is 0.254 e. The lowest BCUT2D eigenvalue weighted by molar-refractivity contribution is -0.198. The van der Waals surface area contributed by atoms with Gasteiger partial charge in [-0.05, 0) is 51.0 Å². The smallest absolute Gasteiger partial charge is 0.254 e. The number of carbonyl (C=O) groups excluding carboxylic acids is 1. The molecule has 0 aromatic heterocycles. The van der Waals surface area contributed by atoms with Crippen LogP contribution in [-0.2, 0) is 16.1 Å². The number of ether oxygens (including phenoxy) is 1. The summed E-state index contributed by atoms with van der Waals surface area (Å²) in [7, 11) is 0. The zero-order valence-electron chi connectivity index (χ0n) is 14.6. The monoisotopic (exact) mass is 328 g/mol. The van der Waals surface area contributed by atoms with Crippen molar-refractivity contribution in [2.45, 2.75) is 69.2 Å². The van der Waals surface area contributed by atoms with Gasteiger partial charge in [0.2, 0.25) is 0 Å². The van der Waals surface area contributed by atoms with E-state index in [0.717, 1.165) is 58.2 Å². The molecule has 4 heteroatoms. The maximum atomic E-state index is 12.5. The predicted molar refractivity (Wildman–Crippen MR) is 93.6 cm³/mol. The molecular formula is C20H28N2O2. The fourth-order valence-electron chi connectivity index (χ4n) is 4.35. The van der Waals surface area contributed by atoms with Crippen LogP contribution in [0.25, 0.3) is 0 Å². The highest BCUT2D eigenvalue weighted by Gasteiger charge is 2.61. The molecule has 1 heterocycles. The van der Waals surface area contributed by atoms with Gasteiger partial charge in [0.15, 0.2) is 0 Å². The summed E-state index contributed by atoms with van der Waals surface area (Å²) in [5.41, 5.74) is 0.801. The third kappa shape index (κ3) is 2.98. The van der Waals surface area contributed by atoms with Crippen LogP contribution < -0.4 is 5.32 Å². The van der Waals surface area contributed by atoms with Gasteiger partial charge in [0, 0.05) is 25.7 Å². The first-order valence-corrected chi connectivity index (χ1v) is 9.42. The van der Waals surface area contributed by atoms with Crippen LogP contribution in [-0.4, -0.2) is 41.1 Å². The molecule has 1 aromatic rings. The molecule has 130 valence electrons. The number of hydrogen-bond donors (Lipinski definition) is 1. The Bertz CT molecular complexity index is 589. The third-order valence-corrected chi connectivity index (χ3v) is 5.99. The molecule has 2 aliphatic carbocycles. The van der Waals surface area contributed by atoms with Crippen LogP contribution in [0.15, 0.2) is 30.3 Å². The minimum atomic E-state index is -0.446. The lowest BCUT2D eigenvalue weighted by Gasteiger charge is -2.49. The molecule has 0 unspecified atom stereocenters. The van der Waals surface area contributed by atoms with Gasteiger partial charge in [-0.25, -0.2) is 0 Å². The van der Waals surface area contributed by atoms with E-state index in [1.165, 1.54) is 5.56 Å². The van der Waals surface area contributed by atoms with Gasteiger partial charge in [0.1, 0.15) is 5.60 Å². The minimum Gasteiger partial charge on any atom is -0.357 e. The Kier molecular flexibility index (Phi) is 4.13. The number of likely N-dealkylation sites (N-methyl/N-ethyl adjacent to an activating group) is 1. The van der Waals surface area contributed by atoms with Crippen LogP contribution in [0.4, 0.5) is 0 Å². The molecule has 1 saturated heterocycles. The highest BCUT2D eigenvalue weighted by atomic mass is 16.5. The van der Waals surface area contributed by atoms with Gasteiger partial charge < -0.3 is 15.0 Å². The minimum absolute atomic E-state index is 0.0919. The van der Waals surface area contributed by atoms with Crippen molar-refractivity contribution in [3.05, 3.63) is 35.9 Å². The molecule has 3 fully saturated rings. The van der Waals surface area contributed by atoms with E-state index < -0.39 is 5.60 Å². The first-order valence-electron chi connectivity index (χ1n) is 9.42. The van der Waals surface area contributed by atoms with Crippen LogP contribution in [0.2, 0.25) is 0 Å². The number of nitrogens with zero attached hydrogens (tertiary/aromatic N) is 1. The van der Waals surface area contributed by atoms with Crippen LogP contribution >= 0.6 is 0 Å². The predicted octanol–water partition coefficient (Wildman–Crippen LogP) is 2.87. The highest BCUT2D eigenvalue weighted by Crippen LogP contribution is 2.50. The molecule has 0 bridgehead atoms. The first-order chi connectivity index (χ1) is 11.6. The lowest BCUT2D eigenvalue weighted by Crippen LogP contribution is -2.61. The second kappa shape index (κ2) is 6.16. The summed E-state index contributed by atoms with van der Waals surface area (Å²) in [5, 5.41) is 3.69. The zero-order valence-corrected chi connectivity index (χ0v) is 14.6. The lowest BCUT2D eigenvalue weighted by atomic mass is 9.80. The molecule has 24 heavy (non-hydrogen) atoms. The van der Waals surface area contributed by atoms with Crippen molar-refractivity contribution in [3.63, 3.8) is 0 Å². The number of nitrogens with one attached hydrogen (secondary N) is 1. The van der Waals surface area contributed by atoms with Crippen molar-refractivity contribution < 1.29 is 9.53 Å². The highest BCUT2D eigenvalue weighted by molar-refractivity contribution is 5.89. The Hall–Kier alpha value is -1.39. The van der Waals surface area contributed by atoms with Crippen molar-refractivity contribution >= 4 is 5.91 Å². The normalized spacial score (nSPS) is 31.6. The Morgan fingerprint density at radius 1 is 1.17 bits per heavy atom. The Balaban J connectivity index is 1.34. The van der Waals surface area contributed by atoms with Crippen LogP contribution in [0.5, 0.6) is 0 Å². The summed E-state index contributed by atoms with van der Waals surface area (Å²) in [6.45, 7) is 4.61. The van der Waals surface area contributed by atoms with Crippen molar-refractivity contribution in [2.24, 2.45) is 0 Å². The maximum absolute atomic E-state index is 12.5. The van der Waals surface area contributed by atoms with Crippen molar-refractivity contribution in [2.75, 3.05) is 13.1 Å². The van der Waals surface area contributed by atoms with Crippen LogP contribution in [0.1, 0.15) is 51.0 Å². The van der Waals surface area contributed by atoms with E-state index >= 15 is 0 Å². The number of benzene rings is 1. The second-order valence-corrected chi connectivity index (χ2v) is 7.74. The molecule has 0 radical (unpaired) electrons. The number of carbonyl (C=O) groups is 1. The van der Waals surface area contributed by atoms with Gasteiger partial charge in [-0.3, -0.25) is 4.79 Å². The summed E-state index contributed by atoms with van der Waals surface area (Å²) < 4.78 is 6.45. The van der Waals surface area contributed by atoms with Gasteiger partial charge in [-0.15, -0.1) is 0 Å². The SMILES string of the molecule is CCN1CC2(CCC(NCc3ccccc3)CC2)OC2(CC2)C1=O. The number of morpholine rings is 1. The van der Waals surface area contributed by atoms with Gasteiger partial charge in [0.05, 0.1) is 5.60 Å². The number of hydrogen-bond acceptors (Lipinski definition) is 3. The van der Waals surface area contributed by atoms with Gasteiger partial charge in [-0.2, -0.15) is 0 Å². The van der Waals surface area contributed by atoms with Gasteiger partial charge in [0.25, 0.3) is 5.91 Å². The standard InChI is InChI=1S/C20H28N2O2/c1-2-22-15-19(24-20(12-13-20)18(22)23)10-8-17(9-11-19)21-14-16-6-4-3-5-7-16/h3-7,17,21H,2,8-15H2,1H3. The fraction of sp³-hybridized carbons (Fsp3) is 0.650. The van der Waals surface area contributed by atoms with Gasteiger partial charge in [-0.1, -0.05) is 30.3 Å². The molecule has 0 atom stereocenters. The molecular weight excluding hydrogens is 300 g/mol. The molecule has 1 aliphatic heterocycles. The van der Waals surface area contributed by atoms with Crippen LogP contribution in [0.3, 0.4) is 0 Å². The van der Waals surface area contributed by atoms with E-state index in [-0.39, 0.29) is 11.5 Å². The van der Waals surface area contributed by atoms with E-state index in [2.05, 4.69) is 42.6 Å². The fourth-order valence-corrected chi connectivity index (χ4v) is 4.35. The summed E-state index contributed by atoms with van der Waals surface area (Å²) in [6.07, 6.45) is 6.22. The van der Waals surface area contributed by atoms with E-state index in [0.29, 0.717) is 6.04 Å². The average molecular weight is 328 g/mol. The summed E-state index contributed by atoms with van der Waals surface area (Å²) in [4.78, 5) is 14.5. The van der Waals surface area contributed by atoms with Crippen molar-refractivity contribution in [1.29, 1.82) is 0 Å². The largest absolute Gasteiger partial charge is 0.357 e. The average Bonchev–Trinajstić information content (AvgIpc) is 3.39. The van der Waals surface area contributed by atoms with Crippen molar-refractivity contribution in [3.8, 4) is 0 Å².